The molecule has 5 N–H and O–H groups in total. The van der Waals surface area contributed by atoms with E-state index >= 15 is 0 Å². The van der Waals surface area contributed by atoms with Gasteiger partial charge in [-0.2, -0.15) is 0 Å². The molecule has 2 rings (SSSR count). The minimum Gasteiger partial charge on any atom is -0.469 e. The molecule has 0 spiro atoms. The van der Waals surface area contributed by atoms with Crippen molar-refractivity contribution in [1.29, 1.82) is 5.41 Å². The highest BCUT2D eigenvalue weighted by molar-refractivity contribution is 5.97. The van der Waals surface area contributed by atoms with Crippen LogP contribution in [0.5, 0.6) is 0 Å². The van der Waals surface area contributed by atoms with Gasteiger partial charge in [0.05, 0.1) is 7.11 Å². The normalized spacial score (nSPS) is 13.6. The summed E-state index contributed by atoms with van der Waals surface area (Å²) in [6.45, 7) is 2.30. The van der Waals surface area contributed by atoms with Crippen LogP contribution in [0.3, 0.4) is 0 Å². The summed E-state index contributed by atoms with van der Waals surface area (Å²) in [5, 5.41) is 12.9. The molecule has 1 aromatic carbocycles. The molecule has 0 aromatic heterocycles. The zero-order valence-electron chi connectivity index (χ0n) is 15.9. The molecule has 0 atom stereocenters. The fourth-order valence-electron chi connectivity index (χ4n) is 2.73. The summed E-state index contributed by atoms with van der Waals surface area (Å²) in [6, 6.07) is 6.37. The highest BCUT2D eigenvalue weighted by Gasteiger charge is 2.21. The van der Waals surface area contributed by atoms with Crippen LogP contribution in [-0.2, 0) is 9.53 Å². The minimum absolute atomic E-state index is 0.00496. The van der Waals surface area contributed by atoms with E-state index < -0.39 is 0 Å². The van der Waals surface area contributed by atoms with Crippen LogP contribution in [0.25, 0.3) is 0 Å². The zero-order valence-corrected chi connectivity index (χ0v) is 15.9. The van der Waals surface area contributed by atoms with Crippen LogP contribution >= 0.6 is 0 Å². The second kappa shape index (κ2) is 10.1. The Kier molecular flexibility index (Phi) is 7.61. The molecule has 152 valence electrons. The Labute approximate surface area is 163 Å². The Balaban J connectivity index is 1.83. The molecule has 1 fully saturated rings. The van der Waals surface area contributed by atoms with E-state index in [1.165, 1.54) is 7.11 Å². The highest BCUT2D eigenvalue weighted by atomic mass is 16.5. The summed E-state index contributed by atoms with van der Waals surface area (Å²) >= 11 is 0. The first-order chi connectivity index (χ1) is 13.4. The van der Waals surface area contributed by atoms with E-state index in [-0.39, 0.29) is 30.3 Å². The number of urea groups is 1. The van der Waals surface area contributed by atoms with Crippen LogP contribution in [0.15, 0.2) is 24.3 Å². The van der Waals surface area contributed by atoms with Crippen molar-refractivity contribution in [1.82, 2.24) is 15.1 Å². The Morgan fingerprint density at radius 1 is 1.18 bits per heavy atom. The summed E-state index contributed by atoms with van der Waals surface area (Å²) in [6.07, 6.45) is 0.727. The second-order valence-corrected chi connectivity index (χ2v) is 6.31. The van der Waals surface area contributed by atoms with Crippen molar-refractivity contribution in [3.63, 3.8) is 0 Å². The number of nitrogens with zero attached hydrogens (tertiary/aromatic N) is 2. The number of piperazine rings is 1. The molecule has 10 heteroatoms. The number of guanidine groups is 1. The number of esters is 1. The van der Waals surface area contributed by atoms with Crippen LogP contribution in [0, 0.1) is 5.41 Å². The number of methoxy groups -OCH3 is 1. The van der Waals surface area contributed by atoms with Gasteiger partial charge in [-0.15, -0.1) is 0 Å². The van der Waals surface area contributed by atoms with E-state index in [9.17, 15) is 14.4 Å². The maximum atomic E-state index is 12.4. The lowest BCUT2D eigenvalue weighted by molar-refractivity contribution is -0.140. The van der Waals surface area contributed by atoms with E-state index in [0.29, 0.717) is 50.4 Å². The topological polar surface area (TPSA) is 141 Å². The van der Waals surface area contributed by atoms with Gasteiger partial charge < -0.3 is 30.9 Å². The number of ether oxygens (including phenoxy) is 1. The number of carbonyl (C=O) groups excluding carboxylic acids is 3. The first-order valence-corrected chi connectivity index (χ1v) is 9.00. The first-order valence-electron chi connectivity index (χ1n) is 9.00. The number of carbonyl (C=O) groups is 3. The fourth-order valence-corrected chi connectivity index (χ4v) is 2.73. The zero-order chi connectivity index (χ0) is 20.5. The predicted molar refractivity (Wildman–Crippen MR) is 104 cm³/mol. The lowest BCUT2D eigenvalue weighted by Gasteiger charge is -2.34. The Bertz CT molecular complexity index is 731. The standard InChI is InChI=1S/C18H26N6O4/c1-28-15(25)6-3-7-21-16(26)13-4-2-5-14(12-13)22-18(27)24-10-8-23(9-11-24)17(19)20/h2,4-5,12H,3,6-11H2,1H3,(H3,19,20)(H,21,26)(H,22,27). The number of benzene rings is 1. The minimum atomic E-state index is -0.317. The average molecular weight is 390 g/mol. The summed E-state index contributed by atoms with van der Waals surface area (Å²) < 4.78 is 4.55. The van der Waals surface area contributed by atoms with Gasteiger partial charge in [-0.1, -0.05) is 6.07 Å². The molecule has 3 amide bonds. The van der Waals surface area contributed by atoms with Crippen molar-refractivity contribution < 1.29 is 19.1 Å². The Morgan fingerprint density at radius 3 is 2.50 bits per heavy atom. The third-order valence-electron chi connectivity index (χ3n) is 4.35. The van der Waals surface area contributed by atoms with Gasteiger partial charge in [-0.25, -0.2) is 4.79 Å². The lowest BCUT2D eigenvalue weighted by Crippen LogP contribution is -2.53. The SMILES string of the molecule is COC(=O)CCCNC(=O)c1cccc(NC(=O)N2CCN(C(=N)N)CC2)c1. The number of amides is 3. The van der Waals surface area contributed by atoms with Gasteiger partial charge in [0.25, 0.3) is 5.91 Å². The van der Waals surface area contributed by atoms with E-state index in [1.54, 1.807) is 34.1 Å². The number of nitrogens with two attached hydrogens (primary N) is 1. The molecule has 1 saturated heterocycles. The number of anilines is 1. The molecule has 0 bridgehead atoms. The van der Waals surface area contributed by atoms with Crippen molar-refractivity contribution in [2.24, 2.45) is 5.73 Å². The van der Waals surface area contributed by atoms with E-state index in [1.807, 2.05) is 0 Å². The van der Waals surface area contributed by atoms with Gasteiger partial charge in [0.2, 0.25) is 0 Å². The van der Waals surface area contributed by atoms with Crippen molar-refractivity contribution >= 4 is 29.6 Å². The molecule has 1 aromatic rings. The third-order valence-corrected chi connectivity index (χ3v) is 4.35. The summed E-state index contributed by atoms with van der Waals surface area (Å²) in [5.74, 6) is -0.593. The van der Waals surface area contributed by atoms with Crippen molar-refractivity contribution in [3.8, 4) is 0 Å². The van der Waals surface area contributed by atoms with Gasteiger partial charge in [-0.3, -0.25) is 15.0 Å². The van der Waals surface area contributed by atoms with Crippen LogP contribution in [0.2, 0.25) is 0 Å². The molecule has 10 nitrogen and oxygen atoms in total. The van der Waals surface area contributed by atoms with Gasteiger partial charge in [0.1, 0.15) is 0 Å². The molecular weight excluding hydrogens is 364 g/mol. The fraction of sp³-hybridized carbons (Fsp3) is 0.444. The van der Waals surface area contributed by atoms with Crippen molar-refractivity contribution in [2.75, 3.05) is 45.2 Å². The number of rotatable bonds is 6. The maximum absolute atomic E-state index is 12.4. The van der Waals surface area contributed by atoms with E-state index in [0.717, 1.165) is 0 Å². The predicted octanol–water partition coefficient (Wildman–Crippen LogP) is 0.413. The number of hydrogen-bond donors (Lipinski definition) is 4. The van der Waals surface area contributed by atoms with Gasteiger partial charge in [0.15, 0.2) is 5.96 Å². The highest BCUT2D eigenvalue weighted by Crippen LogP contribution is 2.12. The summed E-state index contributed by atoms with van der Waals surface area (Å²) in [7, 11) is 1.32. The first kappa shape index (κ1) is 21.0. The van der Waals surface area contributed by atoms with Crippen LogP contribution in [-0.4, -0.2) is 73.5 Å². The Morgan fingerprint density at radius 2 is 1.86 bits per heavy atom. The molecule has 0 unspecified atom stereocenters. The summed E-state index contributed by atoms with van der Waals surface area (Å²) in [4.78, 5) is 39.0. The number of hydrogen-bond acceptors (Lipinski definition) is 5. The summed E-state index contributed by atoms with van der Waals surface area (Å²) in [5.41, 5.74) is 6.38. The van der Waals surface area contributed by atoms with Crippen molar-refractivity contribution in [2.45, 2.75) is 12.8 Å². The van der Waals surface area contributed by atoms with Crippen LogP contribution in [0.4, 0.5) is 10.5 Å². The molecule has 0 aliphatic carbocycles. The lowest BCUT2D eigenvalue weighted by atomic mass is 10.2. The van der Waals surface area contributed by atoms with Gasteiger partial charge in [-0.05, 0) is 24.6 Å². The van der Waals surface area contributed by atoms with Crippen molar-refractivity contribution in [3.05, 3.63) is 29.8 Å². The smallest absolute Gasteiger partial charge is 0.321 e. The third kappa shape index (κ3) is 6.15. The van der Waals surface area contributed by atoms with Gasteiger partial charge in [0, 0.05) is 50.4 Å². The largest absolute Gasteiger partial charge is 0.469 e. The second-order valence-electron chi connectivity index (χ2n) is 6.31. The maximum Gasteiger partial charge on any atom is 0.321 e. The monoisotopic (exact) mass is 390 g/mol. The van der Waals surface area contributed by atoms with E-state index in [2.05, 4.69) is 15.4 Å². The molecule has 28 heavy (non-hydrogen) atoms. The average Bonchev–Trinajstić information content (AvgIpc) is 2.71. The molecule has 0 saturated carbocycles. The molecule has 1 aliphatic heterocycles. The number of nitrogens with one attached hydrogen (secondary N) is 3. The molecule has 0 radical (unpaired) electrons. The molecule has 1 heterocycles. The van der Waals surface area contributed by atoms with Gasteiger partial charge >= 0.3 is 12.0 Å². The Hall–Kier alpha value is -3.30. The van der Waals surface area contributed by atoms with E-state index in [4.69, 9.17) is 11.1 Å². The quantitative estimate of drug-likeness (QED) is 0.240. The van der Waals surface area contributed by atoms with Crippen LogP contribution < -0.4 is 16.4 Å². The van der Waals surface area contributed by atoms with Crippen LogP contribution in [0.1, 0.15) is 23.2 Å². The molecule has 1 aliphatic rings. The molecular formula is C18H26N6O4.